The van der Waals surface area contributed by atoms with Gasteiger partial charge in [0.1, 0.15) is 5.75 Å². The van der Waals surface area contributed by atoms with Crippen molar-refractivity contribution in [3.8, 4) is 5.75 Å². The van der Waals surface area contributed by atoms with E-state index < -0.39 is 0 Å². The maximum Gasteiger partial charge on any atom is 0.227 e. The Morgan fingerprint density at radius 1 is 1.28 bits per heavy atom. The predicted octanol–water partition coefficient (Wildman–Crippen LogP) is 2.11. The van der Waals surface area contributed by atoms with Gasteiger partial charge in [0.25, 0.3) is 0 Å². The van der Waals surface area contributed by atoms with Crippen molar-refractivity contribution in [2.75, 3.05) is 18.5 Å². The average Bonchev–Trinajstić information content (AvgIpc) is 2.55. The smallest absolute Gasteiger partial charge is 0.227 e. The molecule has 1 aromatic rings. The molecule has 0 spiro atoms. The third-order valence-electron chi connectivity index (χ3n) is 3.03. The van der Waals surface area contributed by atoms with Gasteiger partial charge in [0, 0.05) is 6.61 Å². The van der Waals surface area contributed by atoms with Crippen LogP contribution in [0.25, 0.3) is 0 Å². The van der Waals surface area contributed by atoms with E-state index in [-0.39, 0.29) is 12.5 Å². The van der Waals surface area contributed by atoms with Crippen LogP contribution in [-0.4, -0.2) is 24.2 Å². The van der Waals surface area contributed by atoms with E-state index in [0.29, 0.717) is 13.0 Å². The summed E-state index contributed by atoms with van der Waals surface area (Å²) in [5.41, 5.74) is 1.97. The quantitative estimate of drug-likeness (QED) is 0.786. The lowest BCUT2D eigenvalue weighted by Crippen LogP contribution is -2.10. The van der Waals surface area contributed by atoms with E-state index in [1.165, 1.54) is 5.56 Å². The van der Waals surface area contributed by atoms with Gasteiger partial charge >= 0.3 is 0 Å². The fraction of sp³-hybridized carbons (Fsp3) is 0.500. The van der Waals surface area contributed by atoms with Crippen LogP contribution in [0.5, 0.6) is 5.75 Å². The predicted molar refractivity (Wildman–Crippen MR) is 69.8 cm³/mol. The van der Waals surface area contributed by atoms with Gasteiger partial charge in [-0.3, -0.25) is 4.79 Å². The Bertz CT molecular complexity index is 418. The highest BCUT2D eigenvalue weighted by Crippen LogP contribution is 2.28. The molecule has 0 saturated heterocycles. The number of anilines is 1. The first-order chi connectivity index (χ1) is 8.79. The molecule has 1 heterocycles. The van der Waals surface area contributed by atoms with Gasteiger partial charge in [-0.05, 0) is 37.0 Å². The molecular weight excluding hydrogens is 230 g/mol. The van der Waals surface area contributed by atoms with Gasteiger partial charge in [-0.1, -0.05) is 12.5 Å². The van der Waals surface area contributed by atoms with Crippen molar-refractivity contribution < 1.29 is 14.6 Å². The second kappa shape index (κ2) is 6.40. The summed E-state index contributed by atoms with van der Waals surface area (Å²) in [6.45, 7) is 0.697. The number of unbranched alkanes of at least 4 members (excludes halogenated alkanes) is 2. The molecule has 1 amide bonds. The molecule has 1 aliphatic rings. The molecule has 98 valence electrons. The van der Waals surface area contributed by atoms with Gasteiger partial charge in [-0.15, -0.1) is 0 Å². The molecule has 4 nitrogen and oxygen atoms in total. The van der Waals surface area contributed by atoms with Crippen LogP contribution < -0.4 is 10.1 Å². The van der Waals surface area contributed by atoms with Crippen molar-refractivity contribution in [1.82, 2.24) is 0 Å². The number of amides is 1. The molecule has 2 N–H and O–H groups in total. The summed E-state index contributed by atoms with van der Waals surface area (Å²) in [6.07, 6.45) is 4.29. The first kappa shape index (κ1) is 12.9. The van der Waals surface area contributed by atoms with Crippen LogP contribution in [0.1, 0.15) is 31.2 Å². The highest BCUT2D eigenvalue weighted by atomic mass is 16.5. The summed E-state index contributed by atoms with van der Waals surface area (Å²) in [7, 11) is 0. The Balaban J connectivity index is 1.99. The van der Waals surface area contributed by atoms with Crippen LogP contribution >= 0.6 is 0 Å². The SMILES string of the molecule is O=C1CCOc2ccc(CCCCCO)cc2N1. The van der Waals surface area contributed by atoms with Crippen molar-refractivity contribution >= 4 is 11.6 Å². The number of aliphatic hydroxyl groups excluding tert-OH is 1. The molecule has 0 aliphatic carbocycles. The zero-order valence-corrected chi connectivity index (χ0v) is 10.4. The number of ether oxygens (including phenoxy) is 1. The third kappa shape index (κ3) is 3.47. The van der Waals surface area contributed by atoms with Gasteiger partial charge in [-0.2, -0.15) is 0 Å². The van der Waals surface area contributed by atoms with Crippen LogP contribution in [0.2, 0.25) is 0 Å². The average molecular weight is 249 g/mol. The number of aliphatic hydroxyl groups is 1. The minimum atomic E-state index is 0.00572. The lowest BCUT2D eigenvalue weighted by molar-refractivity contribution is -0.116. The first-order valence-electron chi connectivity index (χ1n) is 6.46. The molecule has 0 saturated carbocycles. The Morgan fingerprint density at radius 2 is 2.17 bits per heavy atom. The number of hydrogen-bond donors (Lipinski definition) is 2. The Hall–Kier alpha value is -1.55. The molecule has 18 heavy (non-hydrogen) atoms. The Labute approximate surface area is 107 Å². The molecule has 0 radical (unpaired) electrons. The molecule has 2 rings (SSSR count). The van der Waals surface area contributed by atoms with Gasteiger partial charge in [0.15, 0.2) is 0 Å². The molecule has 0 fully saturated rings. The summed E-state index contributed by atoms with van der Waals surface area (Å²) >= 11 is 0. The van der Waals surface area contributed by atoms with Crippen molar-refractivity contribution in [2.24, 2.45) is 0 Å². The second-order valence-electron chi connectivity index (χ2n) is 4.51. The maximum absolute atomic E-state index is 11.4. The van der Waals surface area contributed by atoms with Crippen LogP contribution in [-0.2, 0) is 11.2 Å². The summed E-state index contributed by atoms with van der Waals surface area (Å²) in [6, 6.07) is 5.94. The molecule has 1 aromatic carbocycles. The molecule has 0 bridgehead atoms. The first-order valence-corrected chi connectivity index (χ1v) is 6.46. The van der Waals surface area contributed by atoms with Gasteiger partial charge in [0.05, 0.1) is 18.7 Å². The highest BCUT2D eigenvalue weighted by molar-refractivity contribution is 5.93. The summed E-state index contributed by atoms with van der Waals surface area (Å²) in [4.78, 5) is 11.4. The van der Waals surface area contributed by atoms with Crippen LogP contribution in [0.4, 0.5) is 5.69 Å². The maximum atomic E-state index is 11.4. The fourth-order valence-corrected chi connectivity index (χ4v) is 2.04. The fourth-order valence-electron chi connectivity index (χ4n) is 2.04. The summed E-state index contributed by atoms with van der Waals surface area (Å²) < 4.78 is 5.50. The van der Waals surface area contributed by atoms with E-state index in [0.717, 1.165) is 37.1 Å². The van der Waals surface area contributed by atoms with E-state index in [1.54, 1.807) is 0 Å². The normalized spacial score (nSPS) is 14.4. The van der Waals surface area contributed by atoms with Crippen LogP contribution in [0.15, 0.2) is 18.2 Å². The third-order valence-corrected chi connectivity index (χ3v) is 3.03. The topological polar surface area (TPSA) is 58.6 Å². The Morgan fingerprint density at radius 3 is 3.00 bits per heavy atom. The number of benzene rings is 1. The second-order valence-corrected chi connectivity index (χ2v) is 4.51. The number of fused-ring (bicyclic) bond motifs is 1. The van der Waals surface area contributed by atoms with Gasteiger partial charge in [0.2, 0.25) is 5.91 Å². The standard InChI is InChI=1S/C14H19NO3/c16-8-3-1-2-4-11-5-6-13-12(10-11)15-14(17)7-9-18-13/h5-6,10,16H,1-4,7-9H2,(H,15,17). The summed E-state index contributed by atoms with van der Waals surface area (Å²) in [5.74, 6) is 0.756. The Kier molecular flexibility index (Phi) is 4.59. The zero-order valence-electron chi connectivity index (χ0n) is 10.4. The lowest BCUT2D eigenvalue weighted by Gasteiger charge is -2.09. The molecular formula is C14H19NO3. The zero-order chi connectivity index (χ0) is 12.8. The molecule has 0 unspecified atom stereocenters. The van der Waals surface area contributed by atoms with E-state index >= 15 is 0 Å². The van der Waals surface area contributed by atoms with Crippen LogP contribution in [0, 0.1) is 0 Å². The summed E-state index contributed by atoms with van der Waals surface area (Å²) in [5, 5.41) is 11.6. The van der Waals surface area contributed by atoms with Crippen LogP contribution in [0.3, 0.4) is 0 Å². The molecule has 1 aliphatic heterocycles. The van der Waals surface area contributed by atoms with Crippen molar-refractivity contribution in [3.63, 3.8) is 0 Å². The monoisotopic (exact) mass is 249 g/mol. The lowest BCUT2D eigenvalue weighted by atomic mass is 10.1. The van der Waals surface area contributed by atoms with Gasteiger partial charge < -0.3 is 15.2 Å². The number of rotatable bonds is 5. The minimum Gasteiger partial charge on any atom is -0.491 e. The number of nitrogens with one attached hydrogen (secondary N) is 1. The molecule has 0 aromatic heterocycles. The van der Waals surface area contributed by atoms with E-state index in [2.05, 4.69) is 5.32 Å². The number of hydrogen-bond acceptors (Lipinski definition) is 3. The van der Waals surface area contributed by atoms with E-state index in [9.17, 15) is 4.79 Å². The highest BCUT2D eigenvalue weighted by Gasteiger charge is 2.13. The number of carbonyl (C=O) groups excluding carboxylic acids is 1. The van der Waals surface area contributed by atoms with E-state index in [1.807, 2.05) is 18.2 Å². The largest absolute Gasteiger partial charge is 0.491 e. The van der Waals surface area contributed by atoms with E-state index in [4.69, 9.17) is 9.84 Å². The van der Waals surface area contributed by atoms with Crippen molar-refractivity contribution in [1.29, 1.82) is 0 Å². The number of aryl methyl sites for hydroxylation is 1. The van der Waals surface area contributed by atoms with Crippen molar-refractivity contribution in [3.05, 3.63) is 23.8 Å². The minimum absolute atomic E-state index is 0.00572. The van der Waals surface area contributed by atoms with Gasteiger partial charge in [-0.25, -0.2) is 0 Å². The molecule has 0 atom stereocenters. The number of carbonyl (C=O) groups is 1. The molecule has 4 heteroatoms. The van der Waals surface area contributed by atoms with Crippen molar-refractivity contribution in [2.45, 2.75) is 32.1 Å².